The number of hydrogen-bond donors (Lipinski definition) is 2. The molecule has 1 spiro atoms. The quantitative estimate of drug-likeness (QED) is 0.213. The van der Waals surface area contributed by atoms with E-state index in [9.17, 15) is 19.2 Å². The molecule has 15 nitrogen and oxygen atoms in total. The van der Waals surface area contributed by atoms with Crippen molar-refractivity contribution in [1.29, 1.82) is 0 Å². The van der Waals surface area contributed by atoms with Crippen molar-refractivity contribution in [3.63, 3.8) is 0 Å². The number of pyridine rings is 1. The smallest absolute Gasteiger partial charge is 0.329 e. The van der Waals surface area contributed by atoms with Gasteiger partial charge in [0.2, 0.25) is 17.8 Å². The van der Waals surface area contributed by atoms with E-state index < -0.39 is 11.9 Å². The Balaban J connectivity index is 0.843. The SMILES string of the molecule is CC(c1ccc(Nc2ncc3cc(C(=O)N(C)C)n(C4CCCC4)c3n2)nc1)N1CCC2(CC1)CN(c1cccc3c1n(C)c(=O)n3C1CCC(=O)NC1=O)C2. The normalized spacial score (nSPS) is 20.8. The zero-order valence-electron chi connectivity index (χ0n) is 32.5. The van der Waals surface area contributed by atoms with Crippen LogP contribution in [0.4, 0.5) is 17.5 Å². The molecule has 2 N–H and O–H groups in total. The number of anilines is 3. The van der Waals surface area contributed by atoms with Crippen molar-refractivity contribution >= 4 is 57.2 Å². The molecule has 1 aliphatic carbocycles. The third-order valence-electron chi connectivity index (χ3n) is 12.8. The molecule has 9 rings (SSSR count). The van der Waals surface area contributed by atoms with Crippen molar-refractivity contribution in [2.24, 2.45) is 12.5 Å². The van der Waals surface area contributed by atoms with Crippen molar-refractivity contribution in [1.82, 2.24) is 43.8 Å². The highest BCUT2D eigenvalue weighted by atomic mass is 16.2. The number of rotatable bonds is 8. The summed E-state index contributed by atoms with van der Waals surface area (Å²) >= 11 is 0. The molecule has 2 atom stereocenters. The molecule has 292 valence electrons. The van der Waals surface area contributed by atoms with Crippen LogP contribution in [0.25, 0.3) is 22.1 Å². The minimum atomic E-state index is -0.699. The Morgan fingerprint density at radius 3 is 2.45 bits per heavy atom. The number of aromatic nitrogens is 6. The van der Waals surface area contributed by atoms with Gasteiger partial charge >= 0.3 is 5.69 Å². The Kier molecular flexibility index (Phi) is 8.94. The van der Waals surface area contributed by atoms with Gasteiger partial charge < -0.3 is 19.7 Å². The number of carbonyl (C=O) groups is 3. The summed E-state index contributed by atoms with van der Waals surface area (Å²) in [4.78, 5) is 71.8. The van der Waals surface area contributed by atoms with Gasteiger partial charge in [-0.05, 0) is 81.9 Å². The fraction of sp³-hybridized carbons (Fsp3) is 0.488. The Labute approximate surface area is 324 Å². The highest BCUT2D eigenvalue weighted by Gasteiger charge is 2.46. The van der Waals surface area contributed by atoms with Crippen LogP contribution in [-0.2, 0) is 16.6 Å². The van der Waals surface area contributed by atoms with Gasteiger partial charge in [-0.3, -0.25) is 33.7 Å². The second kappa shape index (κ2) is 13.9. The Morgan fingerprint density at radius 1 is 0.982 bits per heavy atom. The molecule has 7 heterocycles. The van der Waals surface area contributed by atoms with Crippen LogP contribution >= 0.6 is 0 Å². The van der Waals surface area contributed by atoms with Gasteiger partial charge in [0.15, 0.2) is 0 Å². The van der Waals surface area contributed by atoms with Crippen LogP contribution in [0.2, 0.25) is 0 Å². The van der Waals surface area contributed by atoms with Crippen LogP contribution in [0.3, 0.4) is 0 Å². The van der Waals surface area contributed by atoms with Gasteiger partial charge in [0.1, 0.15) is 23.2 Å². The first-order chi connectivity index (χ1) is 27.0. The van der Waals surface area contributed by atoms with Crippen molar-refractivity contribution < 1.29 is 14.4 Å². The topological polar surface area (TPSA) is 156 Å². The minimum Gasteiger partial charge on any atom is -0.369 e. The van der Waals surface area contributed by atoms with Gasteiger partial charge in [-0.2, -0.15) is 4.98 Å². The summed E-state index contributed by atoms with van der Waals surface area (Å²) in [5.41, 5.74) is 5.10. The van der Waals surface area contributed by atoms with Gasteiger partial charge in [0.05, 0.1) is 16.7 Å². The average molecular weight is 760 g/mol. The molecular weight excluding hydrogens is 711 g/mol. The molecule has 5 aromatic rings. The van der Waals surface area contributed by atoms with Crippen LogP contribution in [0.15, 0.2) is 53.6 Å². The summed E-state index contributed by atoms with van der Waals surface area (Å²) in [6, 6.07) is 11.7. The number of piperidine rings is 2. The zero-order valence-corrected chi connectivity index (χ0v) is 32.5. The van der Waals surface area contributed by atoms with Crippen molar-refractivity contribution in [2.45, 2.75) is 76.4 Å². The maximum Gasteiger partial charge on any atom is 0.329 e. The van der Waals surface area contributed by atoms with E-state index >= 15 is 0 Å². The molecule has 0 bridgehead atoms. The number of imidazole rings is 1. The van der Waals surface area contributed by atoms with Crippen molar-refractivity contribution in [2.75, 3.05) is 50.5 Å². The Hall–Kier alpha value is -5.57. The number of fused-ring (bicyclic) bond motifs is 2. The lowest BCUT2D eigenvalue weighted by atomic mass is 9.71. The third kappa shape index (κ3) is 6.12. The maximum atomic E-state index is 13.5. The van der Waals surface area contributed by atoms with Gasteiger partial charge in [0.25, 0.3) is 5.91 Å². The molecule has 3 saturated heterocycles. The lowest BCUT2D eigenvalue weighted by Crippen LogP contribution is -2.60. The van der Waals surface area contributed by atoms with E-state index in [1.807, 2.05) is 30.5 Å². The summed E-state index contributed by atoms with van der Waals surface area (Å²) < 4.78 is 5.32. The molecule has 1 aromatic carbocycles. The minimum absolute atomic E-state index is 0.0299. The molecule has 56 heavy (non-hydrogen) atoms. The van der Waals surface area contributed by atoms with Gasteiger partial charge in [0, 0.05) is 75.9 Å². The number of para-hydroxylation sites is 1. The summed E-state index contributed by atoms with van der Waals surface area (Å²) in [5.74, 6) is 0.369. The fourth-order valence-corrected chi connectivity index (χ4v) is 9.58. The predicted octanol–water partition coefficient (Wildman–Crippen LogP) is 4.68. The fourth-order valence-electron chi connectivity index (χ4n) is 9.58. The monoisotopic (exact) mass is 759 g/mol. The number of amides is 3. The zero-order chi connectivity index (χ0) is 38.9. The van der Waals surface area contributed by atoms with Crippen LogP contribution in [0.5, 0.6) is 0 Å². The van der Waals surface area contributed by atoms with Crippen LogP contribution < -0.4 is 21.2 Å². The third-order valence-corrected chi connectivity index (χ3v) is 12.8. The molecule has 1 saturated carbocycles. The molecule has 3 amide bonds. The molecule has 2 unspecified atom stereocenters. The number of benzene rings is 1. The number of hydrogen-bond acceptors (Lipinski definition) is 10. The predicted molar refractivity (Wildman–Crippen MR) is 213 cm³/mol. The second-order valence-corrected chi connectivity index (χ2v) is 16.5. The number of likely N-dealkylation sites (tertiary alicyclic amines) is 1. The van der Waals surface area contributed by atoms with Crippen molar-refractivity contribution in [3.8, 4) is 0 Å². The molecule has 3 aliphatic heterocycles. The summed E-state index contributed by atoms with van der Waals surface area (Å²) in [6.45, 7) is 6.04. The second-order valence-electron chi connectivity index (χ2n) is 16.5. The standard InChI is InChI=1S/C41H49N11O4/c1-25(26-12-14-33(42-21-26)44-39-43-22-27-20-32(38(55)47(2)3)51(36(27)46-39)28-8-5-6-9-28)49-18-16-41(17-19-49)23-50(24-41)29-10-7-11-30-35(29)48(4)40(56)52(30)31-13-15-34(53)45-37(31)54/h7,10-12,14,20-22,25,28,31H,5-6,8-9,13,15-19,23-24H2,1-4H3,(H,45,53,54)(H,42,43,44,46). The molecule has 4 aromatic heterocycles. The number of nitrogens with zero attached hydrogens (tertiary/aromatic N) is 9. The molecule has 4 fully saturated rings. The molecule has 4 aliphatic rings. The average Bonchev–Trinajstić information content (AvgIpc) is 3.91. The van der Waals surface area contributed by atoms with Gasteiger partial charge in [-0.15, -0.1) is 0 Å². The summed E-state index contributed by atoms with van der Waals surface area (Å²) in [5, 5.41) is 6.55. The molecule has 15 heteroatoms. The Morgan fingerprint density at radius 2 is 1.75 bits per heavy atom. The first kappa shape index (κ1) is 36.1. The molecular formula is C41H49N11O4. The number of imide groups is 1. The van der Waals surface area contributed by atoms with E-state index in [-0.39, 0.29) is 41.4 Å². The molecule has 0 radical (unpaired) electrons. The van der Waals surface area contributed by atoms with E-state index in [1.165, 1.54) is 0 Å². The van der Waals surface area contributed by atoms with Crippen LogP contribution in [-0.4, -0.2) is 96.4 Å². The van der Waals surface area contributed by atoms with E-state index in [0.717, 1.165) is 98.0 Å². The lowest BCUT2D eigenvalue weighted by molar-refractivity contribution is -0.135. The summed E-state index contributed by atoms with van der Waals surface area (Å²) in [7, 11) is 5.32. The number of carbonyl (C=O) groups excluding carboxylic acids is 3. The highest BCUT2D eigenvalue weighted by molar-refractivity contribution is 6.01. The van der Waals surface area contributed by atoms with Gasteiger partial charge in [-0.1, -0.05) is 25.0 Å². The van der Waals surface area contributed by atoms with E-state index in [0.29, 0.717) is 23.9 Å². The Bertz CT molecular complexity index is 2410. The number of nitrogens with one attached hydrogen (secondary N) is 2. The summed E-state index contributed by atoms with van der Waals surface area (Å²) in [6.07, 6.45) is 10.8. The van der Waals surface area contributed by atoms with Gasteiger partial charge in [-0.25, -0.2) is 14.8 Å². The number of aryl methyl sites for hydroxylation is 1. The maximum absolute atomic E-state index is 13.5. The van der Waals surface area contributed by atoms with Crippen molar-refractivity contribution in [3.05, 3.63) is 70.5 Å². The van der Waals surface area contributed by atoms with E-state index in [1.54, 1.807) is 41.4 Å². The lowest BCUT2D eigenvalue weighted by Gasteiger charge is -2.55. The first-order valence-electron chi connectivity index (χ1n) is 19.9. The highest BCUT2D eigenvalue weighted by Crippen LogP contribution is 2.45. The first-order valence-corrected chi connectivity index (χ1v) is 19.9. The van der Waals surface area contributed by atoms with E-state index in [2.05, 4.69) is 49.0 Å². The van der Waals surface area contributed by atoms with E-state index in [4.69, 9.17) is 9.97 Å². The largest absolute Gasteiger partial charge is 0.369 e. The van der Waals surface area contributed by atoms with Crippen LogP contribution in [0.1, 0.15) is 92.5 Å². The van der Waals surface area contributed by atoms with Crippen LogP contribution in [0, 0.1) is 5.41 Å².